The summed E-state index contributed by atoms with van der Waals surface area (Å²) in [5.74, 6) is -1.79. The molecule has 0 radical (unpaired) electrons. The van der Waals surface area contributed by atoms with Crippen LogP contribution in [-0.4, -0.2) is 22.9 Å². The number of carbonyl (C=O) groups excluding carboxylic acids is 2. The number of ether oxygens (including phenoxy) is 1. The highest BCUT2D eigenvalue weighted by Crippen LogP contribution is 2.41. The Hall–Kier alpha value is -2.02. The molecule has 25 heavy (non-hydrogen) atoms. The first-order valence-corrected chi connectivity index (χ1v) is 8.83. The predicted octanol–water partition coefficient (Wildman–Crippen LogP) is 3.93. The van der Waals surface area contributed by atoms with Crippen LogP contribution in [0.5, 0.6) is 0 Å². The largest absolute Gasteiger partial charge is 0.462 e. The van der Waals surface area contributed by atoms with E-state index in [1.807, 2.05) is 4.57 Å². The Balaban J connectivity index is 2.53. The molecule has 1 aromatic heterocycles. The van der Waals surface area contributed by atoms with Crippen molar-refractivity contribution in [2.45, 2.75) is 39.7 Å². The molecule has 0 aliphatic heterocycles. The highest BCUT2D eigenvalue weighted by molar-refractivity contribution is 9.10. The van der Waals surface area contributed by atoms with E-state index in [-0.39, 0.29) is 39.4 Å². The molecule has 1 aliphatic carbocycles. The van der Waals surface area contributed by atoms with Gasteiger partial charge in [0.05, 0.1) is 27.5 Å². The van der Waals surface area contributed by atoms with Gasteiger partial charge in [-0.1, -0.05) is 0 Å². The Morgan fingerprint density at radius 1 is 1.36 bits per heavy atom. The summed E-state index contributed by atoms with van der Waals surface area (Å²) in [7, 11) is 0. The van der Waals surface area contributed by atoms with Crippen molar-refractivity contribution in [3.8, 4) is 0 Å². The van der Waals surface area contributed by atoms with Crippen LogP contribution in [0.15, 0.2) is 15.3 Å². The van der Waals surface area contributed by atoms with E-state index in [1.165, 1.54) is 6.92 Å². The van der Waals surface area contributed by atoms with Crippen LogP contribution < -0.4 is 5.43 Å². The lowest BCUT2D eigenvalue weighted by Crippen LogP contribution is -2.25. The minimum atomic E-state index is -0.728. The van der Waals surface area contributed by atoms with Gasteiger partial charge < -0.3 is 9.30 Å². The number of ketones is 1. The number of fused-ring (bicyclic) bond motifs is 1. The van der Waals surface area contributed by atoms with E-state index in [4.69, 9.17) is 4.74 Å². The third-order valence-electron chi connectivity index (χ3n) is 4.37. The summed E-state index contributed by atoms with van der Waals surface area (Å²) in [4.78, 5) is 37.3. The van der Waals surface area contributed by atoms with Crippen molar-refractivity contribution >= 4 is 38.6 Å². The monoisotopic (exact) mass is 409 g/mol. The minimum Gasteiger partial charge on any atom is -0.462 e. The van der Waals surface area contributed by atoms with Crippen molar-refractivity contribution in [1.29, 1.82) is 0 Å². The van der Waals surface area contributed by atoms with Crippen molar-refractivity contribution in [2.24, 2.45) is 0 Å². The minimum absolute atomic E-state index is 0.0199. The zero-order valence-corrected chi connectivity index (χ0v) is 15.7. The first kappa shape index (κ1) is 17.8. The molecule has 0 N–H and O–H groups in total. The number of Topliss-reactive ketones (excluding diaryl/α,β-unsaturated/α-hetero) is 1. The molecular formula is C18H17BrFNO4. The molecule has 1 fully saturated rings. The second-order valence-electron chi connectivity index (χ2n) is 6.11. The fourth-order valence-electron chi connectivity index (χ4n) is 3.18. The molecular weight excluding hydrogens is 393 g/mol. The number of carbonyl (C=O) groups is 2. The molecule has 1 heterocycles. The summed E-state index contributed by atoms with van der Waals surface area (Å²) in [6, 6.07) is 1.15. The molecule has 1 saturated carbocycles. The molecule has 1 aliphatic rings. The topological polar surface area (TPSA) is 65.4 Å². The maximum Gasteiger partial charge on any atom is 0.343 e. The molecule has 0 spiro atoms. The van der Waals surface area contributed by atoms with Crippen molar-refractivity contribution in [3.63, 3.8) is 0 Å². The van der Waals surface area contributed by atoms with Crippen LogP contribution in [-0.2, 0) is 4.74 Å². The fourth-order valence-corrected chi connectivity index (χ4v) is 3.76. The quantitative estimate of drug-likeness (QED) is 0.566. The van der Waals surface area contributed by atoms with Gasteiger partial charge in [0.25, 0.3) is 0 Å². The standard InChI is InChI=1S/C18H17BrFNO4/c1-4-25-18(24)13-8(2)21(10-5-6-10)16-11(17(13)23)7-12(20)15(19)14(16)9(3)22/h7,10H,4-6H2,1-3H3. The summed E-state index contributed by atoms with van der Waals surface area (Å²) in [6.45, 7) is 4.77. The first-order chi connectivity index (χ1) is 11.8. The molecule has 0 saturated heterocycles. The normalized spacial score (nSPS) is 14.0. The Morgan fingerprint density at radius 2 is 2.00 bits per heavy atom. The van der Waals surface area contributed by atoms with Gasteiger partial charge in [0, 0.05) is 11.7 Å². The Bertz CT molecular complexity index is 976. The maximum atomic E-state index is 14.3. The van der Waals surface area contributed by atoms with Gasteiger partial charge in [-0.2, -0.15) is 0 Å². The number of pyridine rings is 1. The highest BCUT2D eigenvalue weighted by Gasteiger charge is 2.32. The number of benzene rings is 1. The van der Waals surface area contributed by atoms with Gasteiger partial charge >= 0.3 is 5.97 Å². The van der Waals surface area contributed by atoms with Crippen molar-refractivity contribution in [3.05, 3.63) is 43.4 Å². The molecule has 0 amide bonds. The van der Waals surface area contributed by atoms with Crippen molar-refractivity contribution < 1.29 is 18.7 Å². The molecule has 3 rings (SSSR count). The predicted molar refractivity (Wildman–Crippen MR) is 94.8 cm³/mol. The number of rotatable bonds is 4. The number of nitrogens with zero attached hydrogens (tertiary/aromatic N) is 1. The zero-order chi connectivity index (χ0) is 18.5. The zero-order valence-electron chi connectivity index (χ0n) is 14.1. The number of aromatic nitrogens is 1. The lowest BCUT2D eigenvalue weighted by Gasteiger charge is -2.20. The third-order valence-corrected chi connectivity index (χ3v) is 5.15. The van der Waals surface area contributed by atoms with Crippen LogP contribution in [0.25, 0.3) is 10.9 Å². The fraction of sp³-hybridized carbons (Fsp3) is 0.389. The lowest BCUT2D eigenvalue weighted by molar-refractivity contribution is 0.0523. The highest BCUT2D eigenvalue weighted by atomic mass is 79.9. The molecule has 0 unspecified atom stereocenters. The summed E-state index contributed by atoms with van der Waals surface area (Å²) >= 11 is 3.12. The lowest BCUT2D eigenvalue weighted by atomic mass is 10.0. The number of hydrogen-bond donors (Lipinski definition) is 0. The summed E-state index contributed by atoms with van der Waals surface area (Å²) in [5, 5.41) is 0.0199. The van der Waals surface area contributed by atoms with Gasteiger partial charge in [0.15, 0.2) is 5.78 Å². The van der Waals surface area contributed by atoms with Crippen LogP contribution >= 0.6 is 15.9 Å². The van der Waals surface area contributed by atoms with Gasteiger partial charge in [-0.3, -0.25) is 9.59 Å². The Morgan fingerprint density at radius 3 is 2.52 bits per heavy atom. The van der Waals surface area contributed by atoms with Crippen LogP contribution in [0.1, 0.15) is 59.1 Å². The average Bonchev–Trinajstić information content (AvgIpc) is 3.34. The molecule has 7 heteroatoms. The molecule has 2 aromatic rings. The number of esters is 1. The Labute approximate surface area is 151 Å². The van der Waals surface area contributed by atoms with E-state index in [1.54, 1.807) is 13.8 Å². The molecule has 132 valence electrons. The van der Waals surface area contributed by atoms with Gasteiger partial charge in [0.2, 0.25) is 5.43 Å². The van der Waals surface area contributed by atoms with E-state index in [0.717, 1.165) is 18.9 Å². The summed E-state index contributed by atoms with van der Waals surface area (Å²) in [6.07, 6.45) is 1.74. The average molecular weight is 410 g/mol. The van der Waals surface area contributed by atoms with Crippen LogP contribution in [0.4, 0.5) is 4.39 Å². The molecule has 5 nitrogen and oxygen atoms in total. The van der Waals surface area contributed by atoms with Crippen molar-refractivity contribution in [1.82, 2.24) is 4.57 Å². The summed E-state index contributed by atoms with van der Waals surface area (Å²) < 4.78 is 21.2. The van der Waals surface area contributed by atoms with Gasteiger partial charge in [-0.15, -0.1) is 0 Å². The van der Waals surface area contributed by atoms with E-state index < -0.39 is 17.2 Å². The third kappa shape index (κ3) is 2.80. The smallest absolute Gasteiger partial charge is 0.343 e. The van der Waals surface area contributed by atoms with E-state index >= 15 is 0 Å². The number of hydrogen-bond acceptors (Lipinski definition) is 4. The number of halogens is 2. The van der Waals surface area contributed by atoms with Gasteiger partial charge in [-0.05, 0) is 55.6 Å². The van der Waals surface area contributed by atoms with Gasteiger partial charge in [0.1, 0.15) is 11.4 Å². The van der Waals surface area contributed by atoms with Crippen LogP contribution in [0.3, 0.4) is 0 Å². The second-order valence-corrected chi connectivity index (χ2v) is 6.90. The maximum absolute atomic E-state index is 14.3. The second kappa shape index (κ2) is 6.37. The molecule has 0 atom stereocenters. The molecule has 1 aromatic carbocycles. The van der Waals surface area contributed by atoms with E-state index in [0.29, 0.717) is 11.2 Å². The van der Waals surface area contributed by atoms with Gasteiger partial charge in [-0.25, -0.2) is 9.18 Å². The Kier molecular flexibility index (Phi) is 4.53. The summed E-state index contributed by atoms with van der Waals surface area (Å²) in [5.41, 5.74) is 0.227. The van der Waals surface area contributed by atoms with Crippen molar-refractivity contribution in [2.75, 3.05) is 6.61 Å². The van der Waals surface area contributed by atoms with Crippen LogP contribution in [0.2, 0.25) is 0 Å². The first-order valence-electron chi connectivity index (χ1n) is 8.04. The van der Waals surface area contributed by atoms with E-state index in [2.05, 4.69) is 15.9 Å². The van der Waals surface area contributed by atoms with E-state index in [9.17, 15) is 18.8 Å². The van der Waals surface area contributed by atoms with Crippen LogP contribution in [0, 0.1) is 12.7 Å². The molecule has 0 bridgehead atoms. The SMILES string of the molecule is CCOC(=O)c1c(C)n(C2CC2)c2c(C(C)=O)c(Br)c(F)cc2c1=O.